The SMILES string of the molecule is CC(C)(O)CCC[C@](C)(CC#CC(O)(C(F)(F)F)C(F)(F)F)[C@H]1CCC2/C(=C/C=C3CC(O)C[C@H](O)C3)CCC[C@@]21C. The first-order valence-corrected chi connectivity index (χ1v) is 14.9. The number of rotatable bonds is 7. The second-order valence-electron chi connectivity index (χ2n) is 14.1. The summed E-state index contributed by atoms with van der Waals surface area (Å²) in [6.07, 6.45) is -2.41. The van der Waals surface area contributed by atoms with Crippen molar-refractivity contribution in [2.45, 2.75) is 141 Å². The molecule has 0 aromatic rings. The molecule has 0 heterocycles. The summed E-state index contributed by atoms with van der Waals surface area (Å²) in [6.45, 7) is 7.34. The van der Waals surface area contributed by atoms with Gasteiger partial charge in [0.2, 0.25) is 0 Å². The number of halogens is 6. The summed E-state index contributed by atoms with van der Waals surface area (Å²) in [4.78, 5) is 0. The molecule has 0 aromatic carbocycles. The number of aliphatic hydroxyl groups excluding tert-OH is 2. The predicted octanol–water partition coefficient (Wildman–Crippen LogP) is 7.16. The van der Waals surface area contributed by atoms with Crippen LogP contribution in [0.25, 0.3) is 0 Å². The van der Waals surface area contributed by atoms with Crippen LogP contribution < -0.4 is 0 Å². The van der Waals surface area contributed by atoms with Gasteiger partial charge < -0.3 is 20.4 Å². The van der Waals surface area contributed by atoms with Crippen molar-refractivity contribution < 1.29 is 46.8 Å². The van der Waals surface area contributed by atoms with Crippen LogP contribution in [0.15, 0.2) is 23.3 Å². The van der Waals surface area contributed by atoms with Gasteiger partial charge in [0.25, 0.3) is 0 Å². The Morgan fingerprint density at radius 2 is 1.50 bits per heavy atom. The van der Waals surface area contributed by atoms with Gasteiger partial charge in [0.15, 0.2) is 0 Å². The lowest BCUT2D eigenvalue weighted by Gasteiger charge is -2.49. The number of aliphatic hydroxyl groups is 4. The van der Waals surface area contributed by atoms with E-state index in [9.17, 15) is 46.8 Å². The lowest BCUT2D eigenvalue weighted by Crippen LogP contribution is -2.55. The number of hydrogen-bond acceptors (Lipinski definition) is 4. The average Bonchev–Trinajstić information content (AvgIpc) is 3.18. The van der Waals surface area contributed by atoms with Crippen LogP contribution in [0.1, 0.15) is 105 Å². The molecular formula is C32H46F6O4. The zero-order valence-electron chi connectivity index (χ0n) is 25.0. The predicted molar refractivity (Wildman–Crippen MR) is 148 cm³/mol. The summed E-state index contributed by atoms with van der Waals surface area (Å²) in [5, 5.41) is 39.9. The molecule has 240 valence electrons. The van der Waals surface area contributed by atoms with Crippen molar-refractivity contribution in [3.63, 3.8) is 0 Å². The van der Waals surface area contributed by atoms with Crippen LogP contribution in [0.2, 0.25) is 0 Å². The Kier molecular flexibility index (Phi) is 10.4. The molecule has 3 saturated carbocycles. The van der Waals surface area contributed by atoms with Gasteiger partial charge in [0, 0.05) is 6.42 Å². The van der Waals surface area contributed by atoms with Crippen LogP contribution in [0.5, 0.6) is 0 Å². The fraction of sp³-hybridized carbons (Fsp3) is 0.812. The number of hydrogen-bond donors (Lipinski definition) is 4. The minimum Gasteiger partial charge on any atom is -0.393 e. The lowest BCUT2D eigenvalue weighted by molar-refractivity contribution is -0.343. The van der Waals surface area contributed by atoms with Gasteiger partial charge in [-0.15, -0.1) is 0 Å². The molecule has 3 rings (SSSR count). The quantitative estimate of drug-likeness (QED) is 0.183. The smallest absolute Gasteiger partial charge is 0.393 e. The number of alkyl halides is 6. The van der Waals surface area contributed by atoms with E-state index in [0.717, 1.165) is 37.7 Å². The Morgan fingerprint density at radius 3 is 2.05 bits per heavy atom. The lowest BCUT2D eigenvalue weighted by atomic mass is 9.55. The Labute approximate surface area is 245 Å². The van der Waals surface area contributed by atoms with E-state index in [0.29, 0.717) is 38.5 Å². The van der Waals surface area contributed by atoms with Crippen LogP contribution in [0.3, 0.4) is 0 Å². The minimum atomic E-state index is -6.00. The van der Waals surface area contributed by atoms with Crippen molar-refractivity contribution >= 4 is 0 Å². The monoisotopic (exact) mass is 608 g/mol. The standard InChI is InChI=1S/C32H46F6O4/c1-27(2,41)13-6-14-28(3,15-7-17-30(42,31(33,34)35)32(36,37)38)26-12-11-25-22(8-5-16-29(25,26)4)10-9-21-18-23(39)20-24(40)19-21/h9-10,23-26,39-42H,5-6,8,11-16,18-20H2,1-4H3/b21-9?,22-10+/t23-,24?,25?,26-,28-,29+/m1/s1. The molecule has 4 N–H and O–H groups in total. The summed E-state index contributed by atoms with van der Waals surface area (Å²) >= 11 is 0. The van der Waals surface area contributed by atoms with E-state index in [2.05, 4.69) is 18.9 Å². The Balaban J connectivity index is 1.93. The van der Waals surface area contributed by atoms with Crippen LogP contribution in [0, 0.1) is 34.5 Å². The van der Waals surface area contributed by atoms with Crippen LogP contribution >= 0.6 is 0 Å². The van der Waals surface area contributed by atoms with Crippen molar-refractivity contribution in [2.24, 2.45) is 22.7 Å². The van der Waals surface area contributed by atoms with Gasteiger partial charge in [-0.1, -0.05) is 49.5 Å². The third-order valence-corrected chi connectivity index (χ3v) is 10.00. The van der Waals surface area contributed by atoms with Gasteiger partial charge in [-0.05, 0) is 107 Å². The van der Waals surface area contributed by atoms with E-state index in [1.807, 2.05) is 13.0 Å². The first-order valence-electron chi connectivity index (χ1n) is 14.9. The summed E-state index contributed by atoms with van der Waals surface area (Å²) in [5.74, 6) is 3.42. The first kappa shape index (κ1) is 34.9. The molecule has 0 saturated heterocycles. The molecule has 3 aliphatic rings. The molecule has 2 unspecified atom stereocenters. The summed E-state index contributed by atoms with van der Waals surface area (Å²) in [5.41, 5.74) is -4.88. The zero-order valence-corrected chi connectivity index (χ0v) is 25.0. The third kappa shape index (κ3) is 7.75. The van der Waals surface area contributed by atoms with Gasteiger partial charge in [-0.25, -0.2) is 0 Å². The topological polar surface area (TPSA) is 80.9 Å². The molecule has 3 aliphatic carbocycles. The van der Waals surface area contributed by atoms with Crippen LogP contribution in [-0.2, 0) is 0 Å². The normalized spacial score (nSPS) is 32.8. The number of fused-ring (bicyclic) bond motifs is 1. The Morgan fingerprint density at radius 1 is 0.905 bits per heavy atom. The molecule has 10 heteroatoms. The Hall–Kier alpha value is -1.54. The van der Waals surface area contributed by atoms with Crippen molar-refractivity contribution in [1.82, 2.24) is 0 Å². The van der Waals surface area contributed by atoms with Gasteiger partial charge in [0.1, 0.15) is 0 Å². The van der Waals surface area contributed by atoms with E-state index in [-0.39, 0.29) is 23.7 Å². The van der Waals surface area contributed by atoms with Gasteiger partial charge in [-0.2, -0.15) is 26.3 Å². The second-order valence-corrected chi connectivity index (χ2v) is 14.1. The average molecular weight is 609 g/mol. The largest absolute Gasteiger partial charge is 0.438 e. The van der Waals surface area contributed by atoms with Crippen molar-refractivity contribution in [1.29, 1.82) is 0 Å². The van der Waals surface area contributed by atoms with Gasteiger partial charge in [0.05, 0.1) is 17.8 Å². The third-order valence-electron chi connectivity index (χ3n) is 10.00. The van der Waals surface area contributed by atoms with Crippen molar-refractivity contribution in [3.05, 3.63) is 23.3 Å². The second kappa shape index (κ2) is 12.5. The minimum absolute atomic E-state index is 0.0503. The van der Waals surface area contributed by atoms with Crippen molar-refractivity contribution in [2.75, 3.05) is 0 Å². The van der Waals surface area contributed by atoms with E-state index >= 15 is 0 Å². The summed E-state index contributed by atoms with van der Waals surface area (Å²) in [7, 11) is 0. The molecule has 42 heavy (non-hydrogen) atoms. The van der Waals surface area contributed by atoms with E-state index in [1.165, 1.54) is 11.5 Å². The molecule has 0 bridgehead atoms. The van der Waals surface area contributed by atoms with E-state index in [1.54, 1.807) is 13.8 Å². The highest BCUT2D eigenvalue weighted by Crippen LogP contribution is 2.63. The molecule has 0 amide bonds. The fourth-order valence-electron chi connectivity index (χ4n) is 7.90. The maximum Gasteiger partial charge on any atom is 0.438 e. The van der Waals surface area contributed by atoms with E-state index in [4.69, 9.17) is 0 Å². The Bertz CT molecular complexity index is 1050. The van der Waals surface area contributed by atoms with E-state index < -0.39 is 41.2 Å². The molecular weight excluding hydrogens is 562 g/mol. The summed E-state index contributed by atoms with van der Waals surface area (Å²) < 4.78 is 79.7. The molecule has 0 aliphatic heterocycles. The van der Waals surface area contributed by atoms with Gasteiger partial charge >= 0.3 is 18.0 Å². The molecule has 4 nitrogen and oxygen atoms in total. The first-order chi connectivity index (χ1) is 19.1. The number of allylic oxidation sites excluding steroid dienone is 3. The maximum absolute atomic E-state index is 13.3. The molecule has 6 atom stereocenters. The highest BCUT2D eigenvalue weighted by atomic mass is 19.4. The van der Waals surface area contributed by atoms with Crippen LogP contribution in [-0.4, -0.2) is 56.2 Å². The fourth-order valence-corrected chi connectivity index (χ4v) is 7.90. The van der Waals surface area contributed by atoms with Crippen LogP contribution in [0.4, 0.5) is 26.3 Å². The molecule has 3 fully saturated rings. The van der Waals surface area contributed by atoms with Gasteiger partial charge in [-0.3, -0.25) is 0 Å². The van der Waals surface area contributed by atoms with Crippen molar-refractivity contribution in [3.8, 4) is 11.8 Å². The molecule has 0 radical (unpaired) electrons. The zero-order chi connectivity index (χ0) is 31.8. The molecule has 0 spiro atoms. The highest BCUT2D eigenvalue weighted by molar-refractivity contribution is 5.27. The highest BCUT2D eigenvalue weighted by Gasteiger charge is 2.70. The molecule has 0 aromatic heterocycles. The maximum atomic E-state index is 13.3. The summed E-state index contributed by atoms with van der Waals surface area (Å²) in [6, 6.07) is 0.